The Morgan fingerprint density at radius 1 is 1.15 bits per heavy atom. The second-order valence-corrected chi connectivity index (χ2v) is 6.51. The molecule has 0 bridgehead atoms. The molecule has 0 spiro atoms. The molecular formula is C21H22N2O4. The number of rotatable bonds is 7. The zero-order valence-electron chi connectivity index (χ0n) is 15.2. The van der Waals surface area contributed by atoms with Crippen LogP contribution in [0, 0.1) is 0 Å². The fourth-order valence-electron chi connectivity index (χ4n) is 3.42. The van der Waals surface area contributed by atoms with E-state index < -0.39 is 0 Å². The molecule has 0 fully saturated rings. The molecule has 2 aromatic carbocycles. The third-order valence-corrected chi connectivity index (χ3v) is 4.79. The van der Waals surface area contributed by atoms with Crippen molar-refractivity contribution in [2.24, 2.45) is 0 Å². The molecule has 1 aliphatic heterocycles. The fourth-order valence-corrected chi connectivity index (χ4v) is 3.42. The molecule has 0 radical (unpaired) electrons. The van der Waals surface area contributed by atoms with Gasteiger partial charge in [0.1, 0.15) is 6.61 Å². The van der Waals surface area contributed by atoms with Gasteiger partial charge in [0.25, 0.3) is 0 Å². The summed E-state index contributed by atoms with van der Waals surface area (Å²) in [7, 11) is 1.53. The molecule has 27 heavy (non-hydrogen) atoms. The lowest BCUT2D eigenvalue weighted by atomic mass is 10.1. The van der Waals surface area contributed by atoms with Crippen molar-refractivity contribution in [2.45, 2.75) is 13.0 Å². The molecule has 6 heteroatoms. The standard InChI is InChI=1S/C21H22N2O4/c1-25-13-20(24)23(12-16-5-4-8-19-21(16)27-14-26-19)10-9-15-11-22-18-7-3-2-6-17(15)18/h2-8,11,22H,9-10,12-14H2,1H3. The third kappa shape index (κ3) is 3.61. The summed E-state index contributed by atoms with van der Waals surface area (Å²) in [6.45, 7) is 1.32. The van der Waals surface area contributed by atoms with E-state index in [1.54, 1.807) is 0 Å². The summed E-state index contributed by atoms with van der Waals surface area (Å²) < 4.78 is 16.1. The molecule has 1 amide bonds. The highest BCUT2D eigenvalue weighted by Gasteiger charge is 2.21. The van der Waals surface area contributed by atoms with E-state index >= 15 is 0 Å². The van der Waals surface area contributed by atoms with E-state index in [0.29, 0.717) is 13.1 Å². The lowest BCUT2D eigenvalue weighted by Gasteiger charge is -2.23. The van der Waals surface area contributed by atoms with Gasteiger partial charge in [-0.15, -0.1) is 0 Å². The number of carbonyl (C=O) groups is 1. The zero-order valence-corrected chi connectivity index (χ0v) is 15.2. The number of carbonyl (C=O) groups excluding carboxylic acids is 1. The van der Waals surface area contributed by atoms with Crippen LogP contribution in [0.4, 0.5) is 0 Å². The first kappa shape index (κ1) is 17.4. The number of aromatic amines is 1. The smallest absolute Gasteiger partial charge is 0.248 e. The monoisotopic (exact) mass is 366 g/mol. The maximum Gasteiger partial charge on any atom is 0.248 e. The largest absolute Gasteiger partial charge is 0.454 e. The maximum absolute atomic E-state index is 12.6. The van der Waals surface area contributed by atoms with Gasteiger partial charge in [0, 0.05) is 42.9 Å². The van der Waals surface area contributed by atoms with Crippen molar-refractivity contribution < 1.29 is 19.0 Å². The van der Waals surface area contributed by atoms with Crippen LogP contribution in [0.5, 0.6) is 11.5 Å². The zero-order chi connectivity index (χ0) is 18.6. The number of methoxy groups -OCH3 is 1. The van der Waals surface area contributed by atoms with Gasteiger partial charge < -0.3 is 24.1 Å². The number of nitrogens with one attached hydrogen (secondary N) is 1. The van der Waals surface area contributed by atoms with Crippen molar-refractivity contribution in [3.8, 4) is 11.5 Å². The van der Waals surface area contributed by atoms with E-state index in [0.717, 1.165) is 29.0 Å². The number of benzene rings is 2. The molecule has 3 aromatic rings. The van der Waals surface area contributed by atoms with Crippen LogP contribution < -0.4 is 9.47 Å². The molecule has 1 aromatic heterocycles. The van der Waals surface area contributed by atoms with Crippen LogP contribution in [0.15, 0.2) is 48.7 Å². The topological polar surface area (TPSA) is 63.8 Å². The summed E-state index contributed by atoms with van der Waals surface area (Å²) in [6.07, 6.45) is 2.77. The lowest BCUT2D eigenvalue weighted by molar-refractivity contribution is -0.135. The number of aromatic nitrogens is 1. The van der Waals surface area contributed by atoms with Crippen LogP contribution >= 0.6 is 0 Å². The number of para-hydroxylation sites is 2. The summed E-state index contributed by atoms with van der Waals surface area (Å²) in [5.74, 6) is 1.40. The molecule has 1 N–H and O–H groups in total. The van der Waals surface area contributed by atoms with E-state index in [4.69, 9.17) is 14.2 Å². The first-order valence-corrected chi connectivity index (χ1v) is 8.95. The molecule has 6 nitrogen and oxygen atoms in total. The minimum atomic E-state index is -0.0474. The Kier molecular flexibility index (Phi) is 4.98. The number of hydrogen-bond donors (Lipinski definition) is 1. The quantitative estimate of drug-likeness (QED) is 0.698. The highest BCUT2D eigenvalue weighted by Crippen LogP contribution is 2.36. The Morgan fingerprint density at radius 3 is 2.93 bits per heavy atom. The number of ether oxygens (including phenoxy) is 3. The molecule has 2 heterocycles. The van der Waals surface area contributed by atoms with Gasteiger partial charge in [-0.05, 0) is 24.1 Å². The van der Waals surface area contributed by atoms with Crippen molar-refractivity contribution in [2.75, 3.05) is 27.1 Å². The molecular weight excluding hydrogens is 344 g/mol. The first-order valence-electron chi connectivity index (χ1n) is 8.95. The normalized spacial score (nSPS) is 12.5. The summed E-state index contributed by atoms with van der Waals surface area (Å²) in [4.78, 5) is 17.7. The Bertz CT molecular complexity index is 950. The Balaban J connectivity index is 1.53. The van der Waals surface area contributed by atoms with Gasteiger partial charge in [0.15, 0.2) is 11.5 Å². The highest BCUT2D eigenvalue weighted by molar-refractivity contribution is 5.83. The Morgan fingerprint density at radius 2 is 2.04 bits per heavy atom. The predicted octanol–water partition coefficient (Wildman–Crippen LogP) is 3.11. The fraction of sp³-hybridized carbons (Fsp3) is 0.286. The van der Waals surface area contributed by atoms with Crippen LogP contribution in [-0.2, 0) is 22.5 Å². The van der Waals surface area contributed by atoms with Gasteiger partial charge in [0.2, 0.25) is 12.7 Å². The summed E-state index contributed by atoms with van der Waals surface area (Å²) in [5, 5.41) is 1.19. The summed E-state index contributed by atoms with van der Waals surface area (Å²) in [6, 6.07) is 13.9. The summed E-state index contributed by atoms with van der Waals surface area (Å²) in [5.41, 5.74) is 3.24. The van der Waals surface area contributed by atoms with E-state index in [9.17, 15) is 4.79 Å². The molecule has 4 rings (SSSR count). The maximum atomic E-state index is 12.6. The van der Waals surface area contributed by atoms with Crippen molar-refractivity contribution in [1.29, 1.82) is 0 Å². The van der Waals surface area contributed by atoms with Crippen molar-refractivity contribution >= 4 is 16.8 Å². The average molecular weight is 366 g/mol. The first-order chi connectivity index (χ1) is 13.3. The van der Waals surface area contributed by atoms with Gasteiger partial charge in [-0.3, -0.25) is 4.79 Å². The third-order valence-electron chi connectivity index (χ3n) is 4.79. The Hall–Kier alpha value is -2.99. The van der Waals surface area contributed by atoms with Crippen LogP contribution in [-0.4, -0.2) is 42.8 Å². The molecule has 0 saturated heterocycles. The second-order valence-electron chi connectivity index (χ2n) is 6.51. The van der Waals surface area contributed by atoms with Crippen molar-refractivity contribution in [3.63, 3.8) is 0 Å². The number of hydrogen-bond acceptors (Lipinski definition) is 4. The average Bonchev–Trinajstić information content (AvgIpc) is 3.32. The van der Waals surface area contributed by atoms with Gasteiger partial charge >= 0.3 is 0 Å². The molecule has 0 aliphatic carbocycles. The van der Waals surface area contributed by atoms with E-state index in [1.165, 1.54) is 18.1 Å². The molecule has 1 aliphatic rings. The summed E-state index contributed by atoms with van der Waals surface area (Å²) >= 11 is 0. The predicted molar refractivity (Wildman–Crippen MR) is 102 cm³/mol. The van der Waals surface area contributed by atoms with E-state index in [1.807, 2.05) is 41.4 Å². The van der Waals surface area contributed by atoms with Gasteiger partial charge in [-0.1, -0.05) is 30.3 Å². The molecule has 0 saturated carbocycles. The van der Waals surface area contributed by atoms with Crippen LogP contribution in [0.25, 0.3) is 10.9 Å². The van der Waals surface area contributed by atoms with Crippen LogP contribution in [0.1, 0.15) is 11.1 Å². The SMILES string of the molecule is COCC(=O)N(CCc1c[nH]c2ccccc12)Cc1cccc2c1OCO2. The second kappa shape index (κ2) is 7.72. The number of nitrogens with zero attached hydrogens (tertiary/aromatic N) is 1. The number of amides is 1. The lowest BCUT2D eigenvalue weighted by Crippen LogP contribution is -2.35. The van der Waals surface area contributed by atoms with Gasteiger partial charge in [-0.2, -0.15) is 0 Å². The van der Waals surface area contributed by atoms with Gasteiger partial charge in [0.05, 0.1) is 0 Å². The number of H-pyrrole nitrogens is 1. The van der Waals surface area contributed by atoms with Gasteiger partial charge in [-0.25, -0.2) is 0 Å². The van der Waals surface area contributed by atoms with Crippen molar-refractivity contribution in [3.05, 3.63) is 59.8 Å². The van der Waals surface area contributed by atoms with Crippen molar-refractivity contribution in [1.82, 2.24) is 9.88 Å². The highest BCUT2D eigenvalue weighted by atomic mass is 16.7. The number of fused-ring (bicyclic) bond motifs is 2. The van der Waals surface area contributed by atoms with E-state index in [-0.39, 0.29) is 19.3 Å². The molecule has 140 valence electrons. The molecule has 0 atom stereocenters. The van der Waals surface area contributed by atoms with Crippen LogP contribution in [0.2, 0.25) is 0 Å². The minimum absolute atomic E-state index is 0.0474. The molecule has 0 unspecified atom stereocenters. The van der Waals surface area contributed by atoms with E-state index in [2.05, 4.69) is 17.1 Å². The Labute approximate surface area is 157 Å². The van der Waals surface area contributed by atoms with Crippen LogP contribution in [0.3, 0.4) is 0 Å². The minimum Gasteiger partial charge on any atom is -0.454 e.